The molecule has 3 aromatic rings. The van der Waals surface area contributed by atoms with Gasteiger partial charge in [-0.25, -0.2) is 9.37 Å². The molecule has 34 heavy (non-hydrogen) atoms. The van der Waals surface area contributed by atoms with Crippen LogP contribution in [0.3, 0.4) is 0 Å². The van der Waals surface area contributed by atoms with Gasteiger partial charge in [-0.3, -0.25) is 19.1 Å². The first-order chi connectivity index (χ1) is 16.5. The molecule has 2 heterocycles. The molecular weight excluding hydrogens is 435 g/mol. The minimum absolute atomic E-state index is 0.0330. The van der Waals surface area contributed by atoms with E-state index in [0.717, 1.165) is 25.9 Å². The Morgan fingerprint density at radius 1 is 1.15 bits per heavy atom. The third-order valence-electron chi connectivity index (χ3n) is 6.19. The smallest absolute Gasteiger partial charge is 0.296 e. The third-order valence-corrected chi connectivity index (χ3v) is 6.19. The zero-order valence-electron chi connectivity index (χ0n) is 19.2. The SMILES string of the molecule is CCn1c(C2CCCN(Cc3ccccc3)C2)nc(C(=O)NCc2ccc(F)cc2)c(O)c1=O. The maximum Gasteiger partial charge on any atom is 0.296 e. The van der Waals surface area contributed by atoms with Gasteiger partial charge in [0.15, 0.2) is 5.69 Å². The van der Waals surface area contributed by atoms with E-state index in [0.29, 0.717) is 24.5 Å². The number of likely N-dealkylation sites (tertiary alicyclic amines) is 1. The molecule has 0 bridgehead atoms. The molecule has 0 spiro atoms. The van der Waals surface area contributed by atoms with Gasteiger partial charge in [0.25, 0.3) is 11.5 Å². The van der Waals surface area contributed by atoms with Crippen LogP contribution in [0.2, 0.25) is 0 Å². The molecule has 1 amide bonds. The summed E-state index contributed by atoms with van der Waals surface area (Å²) in [6.07, 6.45) is 1.79. The van der Waals surface area contributed by atoms with E-state index in [9.17, 15) is 19.1 Å². The minimum Gasteiger partial charge on any atom is -0.501 e. The van der Waals surface area contributed by atoms with E-state index < -0.39 is 17.2 Å². The number of nitrogens with zero attached hydrogens (tertiary/aromatic N) is 3. The first-order valence-electron chi connectivity index (χ1n) is 11.6. The van der Waals surface area contributed by atoms with Gasteiger partial charge >= 0.3 is 0 Å². The second-order valence-corrected chi connectivity index (χ2v) is 8.59. The van der Waals surface area contributed by atoms with Crippen molar-refractivity contribution in [3.05, 3.63) is 93.4 Å². The van der Waals surface area contributed by atoms with Crippen molar-refractivity contribution >= 4 is 5.91 Å². The Balaban J connectivity index is 1.56. The lowest BCUT2D eigenvalue weighted by Crippen LogP contribution is -2.38. The summed E-state index contributed by atoms with van der Waals surface area (Å²) in [6, 6.07) is 15.9. The van der Waals surface area contributed by atoms with Crippen LogP contribution in [-0.4, -0.2) is 38.6 Å². The molecule has 178 valence electrons. The lowest BCUT2D eigenvalue weighted by atomic mass is 9.96. The van der Waals surface area contributed by atoms with Crippen molar-refractivity contribution in [1.29, 1.82) is 0 Å². The summed E-state index contributed by atoms with van der Waals surface area (Å²) in [4.78, 5) is 32.6. The van der Waals surface area contributed by atoms with Crippen molar-refractivity contribution in [2.45, 2.75) is 45.3 Å². The normalized spacial score (nSPS) is 16.4. The summed E-state index contributed by atoms with van der Waals surface area (Å²) in [5.41, 5.74) is 1.03. The highest BCUT2D eigenvalue weighted by Gasteiger charge is 2.28. The Hall–Kier alpha value is -3.52. The number of piperidine rings is 1. The maximum absolute atomic E-state index is 13.1. The number of carbonyl (C=O) groups excluding carboxylic acids is 1. The molecule has 0 aliphatic carbocycles. The van der Waals surface area contributed by atoms with Crippen LogP contribution in [0.15, 0.2) is 59.4 Å². The molecule has 1 unspecified atom stereocenters. The van der Waals surface area contributed by atoms with Crippen LogP contribution >= 0.6 is 0 Å². The molecular formula is C26H29FN4O3. The molecule has 7 nitrogen and oxygen atoms in total. The lowest BCUT2D eigenvalue weighted by molar-refractivity contribution is 0.0941. The molecule has 0 radical (unpaired) electrons. The van der Waals surface area contributed by atoms with Gasteiger partial charge in [0.05, 0.1) is 0 Å². The number of benzene rings is 2. The summed E-state index contributed by atoms with van der Waals surface area (Å²) in [7, 11) is 0. The number of carbonyl (C=O) groups is 1. The quantitative estimate of drug-likeness (QED) is 0.560. The third kappa shape index (κ3) is 5.34. The van der Waals surface area contributed by atoms with Gasteiger partial charge in [0, 0.05) is 32.1 Å². The molecule has 2 aromatic carbocycles. The molecule has 0 saturated carbocycles. The fourth-order valence-corrected chi connectivity index (χ4v) is 4.46. The van der Waals surface area contributed by atoms with Gasteiger partial charge in [-0.05, 0) is 49.6 Å². The summed E-state index contributed by atoms with van der Waals surface area (Å²) in [5.74, 6) is -1.17. The number of halogens is 1. The summed E-state index contributed by atoms with van der Waals surface area (Å²) >= 11 is 0. The van der Waals surface area contributed by atoms with E-state index in [-0.39, 0.29) is 24.0 Å². The highest BCUT2D eigenvalue weighted by Crippen LogP contribution is 2.27. The first kappa shape index (κ1) is 23.6. The lowest BCUT2D eigenvalue weighted by Gasteiger charge is -2.33. The molecule has 8 heteroatoms. The van der Waals surface area contributed by atoms with E-state index in [1.165, 1.54) is 22.3 Å². The summed E-state index contributed by atoms with van der Waals surface area (Å²) in [5, 5.41) is 13.1. The monoisotopic (exact) mass is 464 g/mol. The van der Waals surface area contributed by atoms with Gasteiger partial charge in [-0.2, -0.15) is 0 Å². The van der Waals surface area contributed by atoms with Crippen LogP contribution in [0, 0.1) is 5.82 Å². The molecule has 1 fully saturated rings. The molecule has 4 rings (SSSR count). The van der Waals surface area contributed by atoms with E-state index in [4.69, 9.17) is 0 Å². The average Bonchev–Trinajstić information content (AvgIpc) is 2.86. The summed E-state index contributed by atoms with van der Waals surface area (Å²) in [6.45, 7) is 4.76. The highest BCUT2D eigenvalue weighted by molar-refractivity contribution is 5.94. The van der Waals surface area contributed by atoms with Gasteiger partial charge < -0.3 is 10.4 Å². The molecule has 1 aromatic heterocycles. The van der Waals surface area contributed by atoms with Crippen LogP contribution in [0.5, 0.6) is 5.75 Å². The number of aromatic hydroxyl groups is 1. The minimum atomic E-state index is -0.654. The maximum atomic E-state index is 13.1. The number of hydrogen-bond donors (Lipinski definition) is 2. The second-order valence-electron chi connectivity index (χ2n) is 8.59. The molecule has 1 aliphatic rings. The second kappa shape index (κ2) is 10.6. The number of hydrogen-bond acceptors (Lipinski definition) is 5. The van der Waals surface area contributed by atoms with Crippen LogP contribution in [-0.2, 0) is 19.6 Å². The Morgan fingerprint density at radius 2 is 1.88 bits per heavy atom. The first-order valence-corrected chi connectivity index (χ1v) is 11.6. The van der Waals surface area contributed by atoms with Crippen molar-refractivity contribution in [2.75, 3.05) is 13.1 Å². The van der Waals surface area contributed by atoms with Gasteiger partial charge in [-0.15, -0.1) is 0 Å². The number of nitrogens with one attached hydrogen (secondary N) is 1. The standard InChI is InChI=1S/C26H29FN4O3/c1-2-31-24(20-9-6-14-30(17-20)16-19-7-4-3-5-8-19)29-22(23(32)26(31)34)25(33)28-15-18-10-12-21(27)13-11-18/h3-5,7-8,10-13,20,32H,2,6,9,14-17H2,1H3,(H,28,33). The van der Waals surface area contributed by atoms with Crippen LogP contribution < -0.4 is 10.9 Å². The molecule has 1 atom stereocenters. The van der Waals surface area contributed by atoms with Crippen LogP contribution in [0.4, 0.5) is 4.39 Å². The largest absolute Gasteiger partial charge is 0.501 e. The van der Waals surface area contributed by atoms with Gasteiger partial charge in [0.1, 0.15) is 11.6 Å². The average molecular weight is 465 g/mol. The predicted octanol–water partition coefficient (Wildman–Crippen LogP) is 3.42. The number of aromatic nitrogens is 2. The van der Waals surface area contributed by atoms with Crippen molar-refractivity contribution in [2.24, 2.45) is 0 Å². The Bertz CT molecular complexity index is 1200. The Morgan fingerprint density at radius 3 is 2.59 bits per heavy atom. The van der Waals surface area contributed by atoms with Crippen molar-refractivity contribution in [3.8, 4) is 5.75 Å². The van der Waals surface area contributed by atoms with Crippen LogP contribution in [0.1, 0.15) is 53.1 Å². The predicted molar refractivity (Wildman–Crippen MR) is 127 cm³/mol. The van der Waals surface area contributed by atoms with Crippen molar-refractivity contribution < 1.29 is 14.3 Å². The zero-order chi connectivity index (χ0) is 24.1. The number of amides is 1. The van der Waals surface area contributed by atoms with E-state index in [2.05, 4.69) is 27.3 Å². The Labute approximate surface area is 197 Å². The molecule has 1 saturated heterocycles. The van der Waals surface area contributed by atoms with Gasteiger partial charge in [0.2, 0.25) is 5.75 Å². The van der Waals surface area contributed by atoms with Gasteiger partial charge in [-0.1, -0.05) is 42.5 Å². The van der Waals surface area contributed by atoms with E-state index >= 15 is 0 Å². The van der Waals surface area contributed by atoms with E-state index in [1.54, 1.807) is 12.1 Å². The Kier molecular flexibility index (Phi) is 7.37. The van der Waals surface area contributed by atoms with Crippen molar-refractivity contribution in [1.82, 2.24) is 19.8 Å². The fourth-order valence-electron chi connectivity index (χ4n) is 4.46. The van der Waals surface area contributed by atoms with Crippen molar-refractivity contribution in [3.63, 3.8) is 0 Å². The fraction of sp³-hybridized carbons (Fsp3) is 0.346. The zero-order valence-corrected chi connectivity index (χ0v) is 19.2. The highest BCUT2D eigenvalue weighted by atomic mass is 19.1. The number of rotatable bonds is 7. The van der Waals surface area contributed by atoms with E-state index in [1.807, 2.05) is 25.1 Å². The summed E-state index contributed by atoms with van der Waals surface area (Å²) < 4.78 is 14.6. The topological polar surface area (TPSA) is 87.5 Å². The van der Waals surface area contributed by atoms with Crippen LogP contribution in [0.25, 0.3) is 0 Å². The molecule has 1 aliphatic heterocycles. The molecule has 2 N–H and O–H groups in total.